The van der Waals surface area contributed by atoms with Crippen molar-refractivity contribution in [2.24, 2.45) is 11.8 Å². The Balaban J connectivity index is 2.03. The van der Waals surface area contributed by atoms with Crippen molar-refractivity contribution in [3.05, 3.63) is 34.8 Å². The van der Waals surface area contributed by atoms with Crippen LogP contribution in [0.25, 0.3) is 0 Å². The normalized spacial score (nSPS) is 12.1. The summed E-state index contributed by atoms with van der Waals surface area (Å²) in [5.74, 6) is 0.422. The highest BCUT2D eigenvalue weighted by molar-refractivity contribution is 7.15. The number of nitrogens with one attached hydrogen (secondary N) is 2. The van der Waals surface area contributed by atoms with Gasteiger partial charge in [0.25, 0.3) is 5.91 Å². The highest BCUT2D eigenvalue weighted by Crippen LogP contribution is 2.19. The maximum atomic E-state index is 12.6. The van der Waals surface area contributed by atoms with E-state index in [1.165, 1.54) is 11.3 Å². The third-order valence-electron chi connectivity index (χ3n) is 3.87. The summed E-state index contributed by atoms with van der Waals surface area (Å²) in [5, 5.41) is 15.0. The second-order valence-electron chi connectivity index (χ2n) is 7.01. The summed E-state index contributed by atoms with van der Waals surface area (Å²) in [5.41, 5.74) is 0.462. The number of amides is 2. The number of rotatable bonds is 8. The summed E-state index contributed by atoms with van der Waals surface area (Å²) < 4.78 is 5.09. The summed E-state index contributed by atoms with van der Waals surface area (Å²) in [6, 6.07) is 6.05. The minimum absolute atomic E-state index is 0.0877. The molecule has 2 aromatic rings. The summed E-state index contributed by atoms with van der Waals surface area (Å²) in [7, 11) is 1.56. The lowest BCUT2D eigenvalue weighted by Crippen LogP contribution is -2.47. The third kappa shape index (κ3) is 6.02. The van der Waals surface area contributed by atoms with E-state index in [0.29, 0.717) is 22.4 Å². The van der Waals surface area contributed by atoms with Crippen LogP contribution in [-0.4, -0.2) is 35.2 Å². The average molecular weight is 391 g/mol. The summed E-state index contributed by atoms with van der Waals surface area (Å²) >= 11 is 1.36. The van der Waals surface area contributed by atoms with Gasteiger partial charge in [-0.1, -0.05) is 39.0 Å². The van der Waals surface area contributed by atoms with Crippen molar-refractivity contribution in [1.29, 1.82) is 0 Å². The molecule has 0 aliphatic heterocycles. The second-order valence-corrected chi connectivity index (χ2v) is 8.07. The zero-order valence-corrected chi connectivity index (χ0v) is 17.1. The van der Waals surface area contributed by atoms with Gasteiger partial charge in [-0.3, -0.25) is 14.9 Å². The number of hydrogen-bond donors (Lipinski definition) is 2. The van der Waals surface area contributed by atoms with Crippen LogP contribution in [0.3, 0.4) is 0 Å². The SMILES string of the molecule is COc1ccc(C(=O)NC(C(=O)Nc2nnc(CC(C)C)s2)C(C)C)cc1. The van der Waals surface area contributed by atoms with Gasteiger partial charge in [-0.05, 0) is 36.1 Å². The zero-order valence-electron chi connectivity index (χ0n) is 16.3. The molecule has 0 radical (unpaired) electrons. The van der Waals surface area contributed by atoms with E-state index in [9.17, 15) is 9.59 Å². The molecule has 2 rings (SSSR count). The molecular weight excluding hydrogens is 364 g/mol. The van der Waals surface area contributed by atoms with Crippen molar-refractivity contribution >= 4 is 28.3 Å². The van der Waals surface area contributed by atoms with E-state index in [1.54, 1.807) is 31.4 Å². The topological polar surface area (TPSA) is 93.2 Å². The molecule has 2 amide bonds. The van der Waals surface area contributed by atoms with Gasteiger partial charge in [0.15, 0.2) is 0 Å². The van der Waals surface area contributed by atoms with E-state index < -0.39 is 6.04 Å². The number of ether oxygens (including phenoxy) is 1. The molecule has 1 atom stereocenters. The number of carbonyl (C=O) groups excluding carboxylic acids is 2. The first kappa shape index (κ1) is 20.8. The van der Waals surface area contributed by atoms with Crippen LogP contribution in [0.4, 0.5) is 5.13 Å². The van der Waals surface area contributed by atoms with Gasteiger partial charge >= 0.3 is 0 Å². The molecule has 0 fully saturated rings. The van der Waals surface area contributed by atoms with Crippen LogP contribution in [0, 0.1) is 11.8 Å². The molecule has 0 spiro atoms. The minimum atomic E-state index is -0.683. The Bertz CT molecular complexity index is 772. The molecule has 27 heavy (non-hydrogen) atoms. The highest BCUT2D eigenvalue weighted by Gasteiger charge is 2.25. The van der Waals surface area contributed by atoms with Crippen LogP contribution < -0.4 is 15.4 Å². The monoisotopic (exact) mass is 390 g/mol. The largest absolute Gasteiger partial charge is 0.497 e. The Hall–Kier alpha value is -2.48. The molecule has 7 nitrogen and oxygen atoms in total. The number of benzene rings is 1. The average Bonchev–Trinajstić information content (AvgIpc) is 3.05. The molecule has 0 saturated heterocycles. The lowest BCUT2D eigenvalue weighted by molar-refractivity contribution is -0.118. The first-order valence-corrected chi connectivity index (χ1v) is 9.70. The second kappa shape index (κ2) is 9.45. The number of nitrogens with zero attached hydrogens (tertiary/aromatic N) is 2. The van der Waals surface area contributed by atoms with Gasteiger partial charge in [-0.15, -0.1) is 10.2 Å². The zero-order chi connectivity index (χ0) is 20.0. The van der Waals surface area contributed by atoms with Crippen molar-refractivity contribution in [3.8, 4) is 5.75 Å². The Morgan fingerprint density at radius 1 is 1.11 bits per heavy atom. The first-order chi connectivity index (χ1) is 12.8. The van der Waals surface area contributed by atoms with Crippen LogP contribution in [-0.2, 0) is 11.2 Å². The molecule has 146 valence electrons. The molecule has 0 aliphatic carbocycles. The Morgan fingerprint density at radius 2 is 1.78 bits per heavy atom. The summed E-state index contributed by atoms with van der Waals surface area (Å²) in [4.78, 5) is 25.1. The van der Waals surface area contributed by atoms with Crippen molar-refractivity contribution in [2.75, 3.05) is 12.4 Å². The fraction of sp³-hybridized carbons (Fsp3) is 0.474. The van der Waals surface area contributed by atoms with Crippen LogP contribution in [0.15, 0.2) is 24.3 Å². The fourth-order valence-electron chi connectivity index (χ4n) is 2.42. The van der Waals surface area contributed by atoms with Gasteiger partial charge in [-0.25, -0.2) is 0 Å². The maximum Gasteiger partial charge on any atom is 0.251 e. The third-order valence-corrected chi connectivity index (χ3v) is 4.73. The smallest absolute Gasteiger partial charge is 0.251 e. The number of aromatic nitrogens is 2. The maximum absolute atomic E-state index is 12.6. The molecule has 1 heterocycles. The fourth-order valence-corrected chi connectivity index (χ4v) is 3.38. The Morgan fingerprint density at radius 3 is 2.33 bits per heavy atom. The Labute approximate surface area is 163 Å². The van der Waals surface area contributed by atoms with Gasteiger partial charge in [0.05, 0.1) is 7.11 Å². The van der Waals surface area contributed by atoms with Crippen molar-refractivity contribution in [3.63, 3.8) is 0 Å². The number of hydrogen-bond acceptors (Lipinski definition) is 6. The molecule has 1 aromatic heterocycles. The molecule has 2 N–H and O–H groups in total. The van der Waals surface area contributed by atoms with E-state index in [2.05, 4.69) is 34.7 Å². The predicted molar refractivity (Wildman–Crippen MR) is 106 cm³/mol. The minimum Gasteiger partial charge on any atom is -0.497 e. The first-order valence-electron chi connectivity index (χ1n) is 8.88. The standard InChI is InChI=1S/C19H26N4O3S/c1-11(2)10-15-22-23-19(27-15)21-18(25)16(12(3)4)20-17(24)13-6-8-14(26-5)9-7-13/h6-9,11-12,16H,10H2,1-5H3,(H,20,24)(H,21,23,25). The van der Waals surface area contributed by atoms with E-state index in [1.807, 2.05) is 13.8 Å². The predicted octanol–water partition coefficient (Wildman–Crippen LogP) is 3.14. The molecule has 1 aromatic carbocycles. The molecule has 0 aliphatic rings. The molecule has 1 unspecified atom stereocenters. The van der Waals surface area contributed by atoms with E-state index in [4.69, 9.17) is 4.74 Å². The Kier molecular flexibility index (Phi) is 7.29. The van der Waals surface area contributed by atoms with Gasteiger partial charge in [0.1, 0.15) is 16.8 Å². The van der Waals surface area contributed by atoms with Gasteiger partial charge < -0.3 is 10.1 Å². The quantitative estimate of drug-likeness (QED) is 0.722. The van der Waals surface area contributed by atoms with Crippen molar-refractivity contribution in [2.45, 2.75) is 40.2 Å². The summed E-state index contributed by atoms with van der Waals surface area (Å²) in [6.07, 6.45) is 0.815. The van der Waals surface area contributed by atoms with Gasteiger partial charge in [0, 0.05) is 12.0 Å². The molecular formula is C19H26N4O3S. The lowest BCUT2D eigenvalue weighted by atomic mass is 10.0. The van der Waals surface area contributed by atoms with Gasteiger partial charge in [0.2, 0.25) is 11.0 Å². The lowest BCUT2D eigenvalue weighted by Gasteiger charge is -2.21. The summed E-state index contributed by atoms with van der Waals surface area (Å²) in [6.45, 7) is 7.96. The van der Waals surface area contributed by atoms with Crippen LogP contribution in [0.5, 0.6) is 5.75 Å². The molecule has 0 bridgehead atoms. The van der Waals surface area contributed by atoms with Crippen LogP contribution in [0.2, 0.25) is 0 Å². The van der Waals surface area contributed by atoms with Crippen LogP contribution >= 0.6 is 11.3 Å². The highest BCUT2D eigenvalue weighted by atomic mass is 32.1. The molecule has 8 heteroatoms. The van der Waals surface area contributed by atoms with Crippen molar-refractivity contribution in [1.82, 2.24) is 15.5 Å². The number of methoxy groups -OCH3 is 1. The van der Waals surface area contributed by atoms with E-state index in [-0.39, 0.29) is 17.7 Å². The van der Waals surface area contributed by atoms with Crippen molar-refractivity contribution < 1.29 is 14.3 Å². The number of anilines is 1. The van der Waals surface area contributed by atoms with Gasteiger partial charge in [-0.2, -0.15) is 0 Å². The number of carbonyl (C=O) groups is 2. The van der Waals surface area contributed by atoms with Crippen LogP contribution in [0.1, 0.15) is 43.1 Å². The van der Waals surface area contributed by atoms with E-state index in [0.717, 1.165) is 11.4 Å². The molecule has 0 saturated carbocycles. The van der Waals surface area contributed by atoms with E-state index >= 15 is 0 Å².